The van der Waals surface area contributed by atoms with E-state index in [0.29, 0.717) is 36.7 Å². The summed E-state index contributed by atoms with van der Waals surface area (Å²) in [5, 5.41) is 0. The molecule has 1 aliphatic heterocycles. The van der Waals surface area contributed by atoms with Gasteiger partial charge >= 0.3 is 0 Å². The minimum absolute atomic E-state index is 0.0266. The average Bonchev–Trinajstić information content (AvgIpc) is 3.25. The third kappa shape index (κ3) is 10.6. The Balaban J connectivity index is 1.30. The monoisotopic (exact) mass is 784 g/mol. The first-order valence-electron chi connectivity index (χ1n) is 19.7. The minimum atomic E-state index is -2.04. The highest BCUT2D eigenvalue weighted by atomic mass is 19.1. The molecule has 6 aromatic rings. The molecule has 1 aliphatic rings. The van der Waals surface area contributed by atoms with E-state index >= 15 is 4.39 Å². The normalized spacial score (nSPS) is 20.4. The summed E-state index contributed by atoms with van der Waals surface area (Å²) in [6.07, 6.45) is -3.28. The van der Waals surface area contributed by atoms with E-state index in [-0.39, 0.29) is 19.8 Å². The molecule has 1 saturated heterocycles. The standard InChI is InChI=1S/C50H50F2O6/c1-36-27-45(54-31-39-17-9-4-10-18-39)44(29-42(36)28-37-23-25-43(26-24-37)57-35-51)47-48(55-32-40-19-11-5-12-20-40)49(56-33-41-21-13-6-14-22-41)50(2,52)46(58-47)34-53-30-38-15-7-3-8-16-38/h3-27,29,46-49H,28,30-35H2,1-2H3/t46-,47+,48+,49-,50-/m1/s1. The van der Waals surface area contributed by atoms with Crippen LogP contribution in [0.1, 0.15) is 57.5 Å². The van der Waals surface area contributed by atoms with Crippen molar-refractivity contribution in [2.75, 3.05) is 13.5 Å². The Labute approximate surface area is 340 Å². The van der Waals surface area contributed by atoms with E-state index in [1.807, 2.05) is 146 Å². The van der Waals surface area contributed by atoms with Crippen LogP contribution in [-0.2, 0) is 51.8 Å². The SMILES string of the molecule is Cc1cc(OCc2ccccc2)c([C@@H]2O[C@H](COCc3ccccc3)[C@@](C)(F)[C@H](OCc3ccccc3)[C@H]2OCc2ccccc2)cc1Cc1ccc(OCF)cc1. The zero-order chi connectivity index (χ0) is 40.2. The number of aryl methyl sites for hydroxylation is 1. The molecule has 0 saturated carbocycles. The summed E-state index contributed by atoms with van der Waals surface area (Å²) >= 11 is 0. The van der Waals surface area contributed by atoms with Gasteiger partial charge in [-0.25, -0.2) is 8.78 Å². The van der Waals surface area contributed by atoms with E-state index in [0.717, 1.165) is 38.9 Å². The van der Waals surface area contributed by atoms with E-state index in [9.17, 15) is 4.39 Å². The molecule has 0 aromatic heterocycles. The fourth-order valence-electron chi connectivity index (χ4n) is 7.33. The quantitative estimate of drug-likeness (QED) is 0.0865. The lowest BCUT2D eigenvalue weighted by Crippen LogP contribution is -2.62. The maximum absolute atomic E-state index is 17.8. The maximum atomic E-state index is 17.8. The van der Waals surface area contributed by atoms with Crippen LogP contribution in [-0.4, -0.2) is 37.4 Å². The van der Waals surface area contributed by atoms with Crippen molar-refractivity contribution in [2.24, 2.45) is 0 Å². The van der Waals surface area contributed by atoms with Gasteiger partial charge in [0.25, 0.3) is 0 Å². The maximum Gasteiger partial charge on any atom is 0.228 e. The summed E-state index contributed by atoms with van der Waals surface area (Å²) in [4.78, 5) is 0. The van der Waals surface area contributed by atoms with Gasteiger partial charge < -0.3 is 28.4 Å². The van der Waals surface area contributed by atoms with Crippen molar-refractivity contribution in [3.05, 3.63) is 202 Å². The van der Waals surface area contributed by atoms with Crippen LogP contribution < -0.4 is 9.47 Å². The zero-order valence-electron chi connectivity index (χ0n) is 33.0. The van der Waals surface area contributed by atoms with Crippen LogP contribution in [0.3, 0.4) is 0 Å². The van der Waals surface area contributed by atoms with Crippen molar-refractivity contribution in [3.8, 4) is 11.5 Å². The van der Waals surface area contributed by atoms with Crippen LogP contribution in [0, 0.1) is 6.92 Å². The van der Waals surface area contributed by atoms with Crippen LogP contribution >= 0.6 is 0 Å². The van der Waals surface area contributed by atoms with Gasteiger partial charge in [-0.1, -0.05) is 133 Å². The highest BCUT2D eigenvalue weighted by Gasteiger charge is 2.56. The largest absolute Gasteiger partial charge is 0.489 e. The highest BCUT2D eigenvalue weighted by Crippen LogP contribution is 2.46. The third-order valence-corrected chi connectivity index (χ3v) is 10.6. The first-order valence-corrected chi connectivity index (χ1v) is 19.7. The Hall–Kier alpha value is -5.38. The summed E-state index contributed by atoms with van der Waals surface area (Å²) in [6.45, 7) is 3.62. The summed E-state index contributed by atoms with van der Waals surface area (Å²) in [5.74, 6) is 1.06. The predicted molar refractivity (Wildman–Crippen MR) is 221 cm³/mol. The van der Waals surface area contributed by atoms with Gasteiger partial charge in [0.05, 0.1) is 26.4 Å². The molecule has 5 atom stereocenters. The smallest absolute Gasteiger partial charge is 0.228 e. The summed E-state index contributed by atoms with van der Waals surface area (Å²) in [7, 11) is 0. The number of alkyl halides is 2. The molecule has 0 N–H and O–H groups in total. The molecular weight excluding hydrogens is 735 g/mol. The lowest BCUT2D eigenvalue weighted by atomic mass is 9.82. The van der Waals surface area contributed by atoms with Gasteiger partial charge in [-0.2, -0.15) is 0 Å². The first kappa shape index (κ1) is 40.8. The molecule has 0 spiro atoms. The molecule has 300 valence electrons. The summed E-state index contributed by atoms with van der Waals surface area (Å²) < 4.78 is 69.0. The topological polar surface area (TPSA) is 55.4 Å². The second-order valence-electron chi connectivity index (χ2n) is 14.8. The number of benzene rings is 6. The van der Waals surface area contributed by atoms with E-state index in [1.165, 1.54) is 6.92 Å². The molecule has 0 radical (unpaired) electrons. The van der Waals surface area contributed by atoms with Gasteiger partial charge in [-0.05, 0) is 83.5 Å². The first-order chi connectivity index (χ1) is 28.4. The van der Waals surface area contributed by atoms with Crippen molar-refractivity contribution < 1.29 is 37.2 Å². The number of rotatable bonds is 18. The van der Waals surface area contributed by atoms with E-state index in [4.69, 9.17) is 28.4 Å². The Morgan fingerprint density at radius 1 is 0.603 bits per heavy atom. The molecular formula is C50H50F2O6. The molecule has 0 aliphatic carbocycles. The van der Waals surface area contributed by atoms with Gasteiger partial charge in [0.1, 0.15) is 42.5 Å². The minimum Gasteiger partial charge on any atom is -0.489 e. The van der Waals surface area contributed by atoms with Gasteiger partial charge in [0.15, 0.2) is 5.67 Å². The Bertz CT molecular complexity index is 2130. The Morgan fingerprint density at radius 2 is 1.14 bits per heavy atom. The van der Waals surface area contributed by atoms with Crippen LogP contribution in [0.15, 0.2) is 158 Å². The molecule has 1 fully saturated rings. The fourth-order valence-corrected chi connectivity index (χ4v) is 7.33. The molecule has 7 rings (SSSR count). The number of halogens is 2. The van der Waals surface area contributed by atoms with E-state index in [2.05, 4.69) is 6.07 Å². The molecule has 1 heterocycles. The van der Waals surface area contributed by atoms with Gasteiger partial charge in [-0.3, -0.25) is 0 Å². The lowest BCUT2D eigenvalue weighted by Gasteiger charge is -2.49. The van der Waals surface area contributed by atoms with Crippen molar-refractivity contribution >= 4 is 0 Å². The van der Waals surface area contributed by atoms with Crippen LogP contribution in [0.2, 0.25) is 0 Å². The van der Waals surface area contributed by atoms with Crippen molar-refractivity contribution in [3.63, 3.8) is 0 Å². The second kappa shape index (κ2) is 19.9. The molecule has 6 nitrogen and oxygen atoms in total. The van der Waals surface area contributed by atoms with Crippen molar-refractivity contribution in [2.45, 2.75) is 76.8 Å². The van der Waals surface area contributed by atoms with E-state index in [1.54, 1.807) is 12.1 Å². The summed E-state index contributed by atoms with van der Waals surface area (Å²) in [6, 6.07) is 50.8. The van der Waals surface area contributed by atoms with Crippen LogP contribution in [0.5, 0.6) is 11.5 Å². The number of hydrogen-bond donors (Lipinski definition) is 0. The Morgan fingerprint density at radius 3 is 1.71 bits per heavy atom. The van der Waals surface area contributed by atoms with Crippen molar-refractivity contribution in [1.29, 1.82) is 0 Å². The lowest BCUT2D eigenvalue weighted by molar-refractivity contribution is -0.278. The highest BCUT2D eigenvalue weighted by molar-refractivity contribution is 5.47. The number of hydrogen-bond acceptors (Lipinski definition) is 6. The molecule has 8 heteroatoms. The second-order valence-corrected chi connectivity index (χ2v) is 14.8. The zero-order valence-corrected chi connectivity index (χ0v) is 33.0. The summed E-state index contributed by atoms with van der Waals surface area (Å²) in [5.41, 5.74) is 5.51. The van der Waals surface area contributed by atoms with Crippen LogP contribution in [0.4, 0.5) is 8.78 Å². The molecule has 0 bridgehead atoms. The fraction of sp³-hybridized carbons (Fsp3) is 0.280. The molecule has 0 amide bonds. The average molecular weight is 785 g/mol. The van der Waals surface area contributed by atoms with Crippen molar-refractivity contribution in [1.82, 2.24) is 0 Å². The molecule has 6 aromatic carbocycles. The molecule has 0 unspecified atom stereocenters. The number of ether oxygens (including phenoxy) is 6. The predicted octanol–water partition coefficient (Wildman–Crippen LogP) is 11.0. The Kier molecular flexibility index (Phi) is 14.0. The third-order valence-electron chi connectivity index (χ3n) is 10.6. The van der Waals surface area contributed by atoms with Gasteiger partial charge in [0, 0.05) is 5.56 Å². The van der Waals surface area contributed by atoms with Crippen LogP contribution in [0.25, 0.3) is 0 Å². The van der Waals surface area contributed by atoms with Gasteiger partial charge in [0.2, 0.25) is 6.86 Å². The van der Waals surface area contributed by atoms with Gasteiger partial charge in [-0.15, -0.1) is 0 Å². The van der Waals surface area contributed by atoms with E-state index < -0.39 is 36.9 Å². The molecule has 58 heavy (non-hydrogen) atoms.